The van der Waals surface area contributed by atoms with Gasteiger partial charge in [-0.25, -0.2) is 0 Å². The second-order valence-electron chi connectivity index (χ2n) is 6.54. The van der Waals surface area contributed by atoms with Crippen molar-refractivity contribution in [2.24, 2.45) is 0 Å². The van der Waals surface area contributed by atoms with Crippen LogP contribution >= 0.6 is 11.6 Å². The van der Waals surface area contributed by atoms with Crippen LogP contribution < -0.4 is 10.6 Å². The van der Waals surface area contributed by atoms with E-state index in [1.165, 1.54) is 13.8 Å². The Morgan fingerprint density at radius 1 is 1.10 bits per heavy atom. The van der Waals surface area contributed by atoms with Gasteiger partial charge in [0, 0.05) is 12.6 Å². The largest absolute Gasteiger partial charge is 0.458 e. The number of nitrogens with one attached hydrogen (secondary N) is 2. The molecular formula is C20H20ClF3N2O4. The molecule has 0 fully saturated rings. The van der Waals surface area contributed by atoms with Gasteiger partial charge in [-0.05, 0) is 43.7 Å². The number of carbonyl (C=O) groups is 2. The first kappa shape index (κ1) is 23.5. The first-order chi connectivity index (χ1) is 13.9. The zero-order chi connectivity index (χ0) is 22.6. The number of amides is 1. The number of carbonyl (C=O) groups excluding carboxylic acids is 2. The van der Waals surface area contributed by atoms with Crippen molar-refractivity contribution in [3.05, 3.63) is 52.5 Å². The van der Waals surface area contributed by atoms with E-state index >= 15 is 0 Å². The summed E-state index contributed by atoms with van der Waals surface area (Å²) in [7, 11) is 0. The molecule has 1 amide bonds. The number of esters is 1. The van der Waals surface area contributed by atoms with Crippen LogP contribution in [0.3, 0.4) is 0 Å². The van der Waals surface area contributed by atoms with Crippen molar-refractivity contribution >= 4 is 40.5 Å². The van der Waals surface area contributed by atoms with Crippen LogP contribution in [0.4, 0.5) is 30.2 Å². The highest BCUT2D eigenvalue weighted by Gasteiger charge is 2.34. The van der Waals surface area contributed by atoms with Gasteiger partial charge in [0.05, 0.1) is 22.0 Å². The van der Waals surface area contributed by atoms with Crippen molar-refractivity contribution in [3.63, 3.8) is 0 Å². The Morgan fingerprint density at radius 3 is 2.20 bits per heavy atom. The molecule has 0 radical (unpaired) electrons. The lowest BCUT2D eigenvalue weighted by Crippen LogP contribution is -2.25. The Balaban J connectivity index is 2.36. The van der Waals surface area contributed by atoms with E-state index in [-0.39, 0.29) is 11.4 Å². The Morgan fingerprint density at radius 2 is 1.70 bits per heavy atom. The third-order valence-electron chi connectivity index (χ3n) is 4.05. The predicted molar refractivity (Wildman–Crippen MR) is 107 cm³/mol. The normalized spacial score (nSPS) is 13.3. The van der Waals surface area contributed by atoms with Crippen LogP contribution in [0, 0.1) is 0 Å². The summed E-state index contributed by atoms with van der Waals surface area (Å²) in [4.78, 5) is 22.9. The molecule has 10 heteroatoms. The topological polar surface area (TPSA) is 87.7 Å². The quantitative estimate of drug-likeness (QED) is 0.543. The molecule has 2 rings (SSSR count). The highest BCUT2D eigenvalue weighted by molar-refractivity contribution is 6.32. The molecule has 0 aliphatic rings. The molecule has 2 aromatic carbocycles. The van der Waals surface area contributed by atoms with Crippen molar-refractivity contribution in [1.82, 2.24) is 0 Å². The number of aliphatic hydroxyl groups is 1. The number of rotatable bonds is 6. The van der Waals surface area contributed by atoms with Crippen LogP contribution in [-0.4, -0.2) is 23.1 Å². The standard InChI is InChI=1S/C20H20ClF3N2O4/c1-10(27)19(29)26-17-8-15(20(22,23)24)16(21)9-18(17)25-14-6-4-13(5-7-14)11(2)30-12(3)28/h4-11,25,27H,1-3H3,(H,26,29). The van der Waals surface area contributed by atoms with Gasteiger partial charge in [0.15, 0.2) is 0 Å². The summed E-state index contributed by atoms with van der Waals surface area (Å²) in [6, 6.07) is 8.34. The lowest BCUT2D eigenvalue weighted by atomic mass is 10.1. The van der Waals surface area contributed by atoms with Crippen molar-refractivity contribution in [1.29, 1.82) is 0 Å². The minimum atomic E-state index is -4.73. The summed E-state index contributed by atoms with van der Waals surface area (Å²) in [6.07, 6.45) is -6.63. The maximum atomic E-state index is 13.2. The third kappa shape index (κ3) is 6.11. The summed E-state index contributed by atoms with van der Waals surface area (Å²) < 4.78 is 44.7. The Bertz CT molecular complexity index is 931. The number of hydrogen-bond acceptors (Lipinski definition) is 5. The van der Waals surface area contributed by atoms with Crippen molar-refractivity contribution in [3.8, 4) is 0 Å². The average Bonchev–Trinajstić information content (AvgIpc) is 2.62. The predicted octanol–water partition coefficient (Wildman–Crippen LogP) is 5.05. The van der Waals surface area contributed by atoms with E-state index in [9.17, 15) is 27.9 Å². The fourth-order valence-electron chi connectivity index (χ4n) is 2.54. The van der Waals surface area contributed by atoms with Gasteiger partial charge in [-0.2, -0.15) is 13.2 Å². The molecule has 0 aliphatic heterocycles. The van der Waals surface area contributed by atoms with E-state index in [2.05, 4.69) is 10.6 Å². The Hall–Kier alpha value is -2.78. The van der Waals surface area contributed by atoms with Gasteiger partial charge in [-0.1, -0.05) is 23.7 Å². The van der Waals surface area contributed by atoms with Crippen LogP contribution in [0.15, 0.2) is 36.4 Å². The number of alkyl halides is 3. The molecule has 0 saturated carbocycles. The van der Waals surface area contributed by atoms with Crippen LogP contribution in [0.1, 0.15) is 38.0 Å². The van der Waals surface area contributed by atoms with Crippen LogP contribution in [-0.2, 0) is 20.5 Å². The fourth-order valence-corrected chi connectivity index (χ4v) is 2.82. The first-order valence-electron chi connectivity index (χ1n) is 8.82. The molecule has 3 N–H and O–H groups in total. The molecule has 6 nitrogen and oxygen atoms in total. The lowest BCUT2D eigenvalue weighted by molar-refractivity contribution is -0.145. The molecule has 0 heterocycles. The average molecular weight is 445 g/mol. The SMILES string of the molecule is CC(=O)OC(C)c1ccc(Nc2cc(Cl)c(C(F)(F)F)cc2NC(=O)C(C)O)cc1. The maximum Gasteiger partial charge on any atom is 0.417 e. The molecular weight excluding hydrogens is 425 g/mol. The van der Waals surface area contributed by atoms with Crippen LogP contribution in [0.5, 0.6) is 0 Å². The van der Waals surface area contributed by atoms with Gasteiger partial charge in [-0.15, -0.1) is 0 Å². The fraction of sp³-hybridized carbons (Fsp3) is 0.300. The van der Waals surface area contributed by atoms with Gasteiger partial charge < -0.3 is 20.5 Å². The minimum absolute atomic E-state index is 0.0998. The van der Waals surface area contributed by atoms with Gasteiger partial charge >= 0.3 is 12.1 Å². The molecule has 0 aliphatic carbocycles. The van der Waals surface area contributed by atoms with Crippen molar-refractivity contribution in [2.45, 2.75) is 39.2 Å². The molecule has 0 bridgehead atoms. The van der Waals surface area contributed by atoms with Crippen LogP contribution in [0.25, 0.3) is 0 Å². The van der Waals surface area contributed by atoms with Gasteiger partial charge in [0.25, 0.3) is 5.91 Å². The van der Waals surface area contributed by atoms with Gasteiger partial charge in [0.1, 0.15) is 12.2 Å². The van der Waals surface area contributed by atoms with E-state index < -0.39 is 40.8 Å². The number of benzene rings is 2. The van der Waals surface area contributed by atoms with E-state index in [1.54, 1.807) is 31.2 Å². The summed E-state index contributed by atoms with van der Waals surface area (Å²) in [5, 5.41) is 14.0. The maximum absolute atomic E-state index is 13.2. The van der Waals surface area contributed by atoms with E-state index in [1.807, 2.05) is 0 Å². The van der Waals surface area contributed by atoms with Crippen molar-refractivity contribution in [2.75, 3.05) is 10.6 Å². The minimum Gasteiger partial charge on any atom is -0.458 e. The smallest absolute Gasteiger partial charge is 0.417 e. The molecule has 162 valence electrons. The zero-order valence-electron chi connectivity index (χ0n) is 16.3. The van der Waals surface area contributed by atoms with E-state index in [4.69, 9.17) is 16.3 Å². The third-order valence-corrected chi connectivity index (χ3v) is 4.36. The molecule has 0 saturated heterocycles. The number of anilines is 3. The van der Waals surface area contributed by atoms with Crippen LogP contribution in [0.2, 0.25) is 5.02 Å². The summed E-state index contributed by atoms with van der Waals surface area (Å²) in [6.45, 7) is 4.18. The monoisotopic (exact) mass is 444 g/mol. The number of ether oxygens (including phenoxy) is 1. The molecule has 2 unspecified atom stereocenters. The van der Waals surface area contributed by atoms with Crippen molar-refractivity contribution < 1.29 is 32.6 Å². The summed E-state index contributed by atoms with van der Waals surface area (Å²) in [5.74, 6) is -1.30. The first-order valence-corrected chi connectivity index (χ1v) is 9.20. The Kier molecular flexibility index (Phi) is 7.33. The highest BCUT2D eigenvalue weighted by atomic mass is 35.5. The number of aliphatic hydroxyl groups excluding tert-OH is 1. The number of hydrogen-bond donors (Lipinski definition) is 3. The molecule has 0 spiro atoms. The summed E-state index contributed by atoms with van der Waals surface area (Å²) in [5.41, 5.74) is -0.0279. The second-order valence-corrected chi connectivity index (χ2v) is 6.95. The van der Waals surface area contributed by atoms with Gasteiger partial charge in [-0.3, -0.25) is 9.59 Å². The highest BCUT2D eigenvalue weighted by Crippen LogP contribution is 2.40. The van der Waals surface area contributed by atoms with Gasteiger partial charge in [0.2, 0.25) is 0 Å². The summed E-state index contributed by atoms with van der Waals surface area (Å²) >= 11 is 5.80. The zero-order valence-corrected chi connectivity index (χ0v) is 17.1. The number of halogens is 4. The Labute approximate surface area is 176 Å². The molecule has 0 aromatic heterocycles. The van der Waals surface area contributed by atoms with E-state index in [0.29, 0.717) is 17.3 Å². The second kappa shape index (κ2) is 9.36. The molecule has 2 atom stereocenters. The van der Waals surface area contributed by atoms with E-state index in [0.717, 1.165) is 6.07 Å². The molecule has 30 heavy (non-hydrogen) atoms. The molecule has 2 aromatic rings. The lowest BCUT2D eigenvalue weighted by Gasteiger charge is -2.18.